The number of likely N-dealkylation sites (N-methyl/N-ethyl adjacent to an activating group) is 1. The van der Waals surface area contributed by atoms with Gasteiger partial charge in [0.05, 0.1) is 31.8 Å². The molecule has 0 aromatic heterocycles. The Kier molecular flexibility index (Phi) is 5.37. The van der Waals surface area contributed by atoms with Crippen molar-refractivity contribution in [1.82, 2.24) is 10.2 Å². The Morgan fingerprint density at radius 2 is 1.48 bits per heavy atom. The van der Waals surface area contributed by atoms with Gasteiger partial charge in [-0.25, -0.2) is 0 Å². The van der Waals surface area contributed by atoms with Crippen LogP contribution < -0.4 is 10.2 Å². The Bertz CT molecular complexity index is 829. The van der Waals surface area contributed by atoms with Gasteiger partial charge in [-0.1, -0.05) is 42.5 Å². The lowest BCUT2D eigenvalue weighted by molar-refractivity contribution is -0.890. The summed E-state index contributed by atoms with van der Waals surface area (Å²) in [4.78, 5) is 40.0. The molecule has 0 saturated heterocycles. The first-order valence-corrected chi connectivity index (χ1v) is 9.01. The van der Waals surface area contributed by atoms with Crippen molar-refractivity contribution in [1.29, 1.82) is 0 Å². The molecule has 0 radical (unpaired) electrons. The minimum atomic E-state index is -0.869. The van der Waals surface area contributed by atoms with Gasteiger partial charge in [-0.05, 0) is 19.1 Å². The summed E-state index contributed by atoms with van der Waals surface area (Å²) in [6, 6.07) is 15.8. The number of imide groups is 1. The minimum Gasteiger partial charge on any atom is -0.348 e. The van der Waals surface area contributed by atoms with E-state index in [2.05, 4.69) is 5.32 Å². The highest BCUT2D eigenvalue weighted by atomic mass is 16.2. The van der Waals surface area contributed by atoms with Crippen LogP contribution in [0.5, 0.6) is 0 Å². The number of amides is 3. The summed E-state index contributed by atoms with van der Waals surface area (Å²) in [5, 5.41) is 2.90. The predicted octanol–water partition coefficient (Wildman–Crippen LogP) is 0.673. The van der Waals surface area contributed by atoms with E-state index in [1.165, 1.54) is 4.90 Å². The maximum Gasteiger partial charge on any atom is 0.262 e. The fourth-order valence-corrected chi connectivity index (χ4v) is 3.37. The molecular formula is C21H24N3O3+. The van der Waals surface area contributed by atoms with Gasteiger partial charge in [0, 0.05) is 5.56 Å². The molecule has 0 aliphatic carbocycles. The molecule has 1 aliphatic heterocycles. The molecule has 0 bridgehead atoms. The van der Waals surface area contributed by atoms with Crippen LogP contribution in [0.1, 0.15) is 39.2 Å². The van der Waals surface area contributed by atoms with Crippen molar-refractivity contribution < 1.29 is 19.3 Å². The monoisotopic (exact) mass is 366 g/mol. The van der Waals surface area contributed by atoms with Gasteiger partial charge in [-0.2, -0.15) is 0 Å². The number of nitrogens with one attached hydrogen (secondary N) is 2. The molecule has 1 heterocycles. The highest BCUT2D eigenvalue weighted by Crippen LogP contribution is 2.24. The first-order chi connectivity index (χ1) is 12.9. The van der Waals surface area contributed by atoms with Gasteiger partial charge in [0.2, 0.25) is 5.91 Å². The van der Waals surface area contributed by atoms with E-state index in [0.717, 1.165) is 10.5 Å². The number of carbonyl (C=O) groups is 3. The number of benzene rings is 2. The van der Waals surface area contributed by atoms with Crippen LogP contribution in [0, 0.1) is 0 Å². The third-order valence-corrected chi connectivity index (χ3v) is 4.97. The molecule has 0 fully saturated rings. The molecule has 6 nitrogen and oxygen atoms in total. The SMILES string of the molecule is C[C@H](C(=O)NC[C@H](c1ccccc1)[NH+](C)C)N1C(=O)c2ccccc2C1=O. The van der Waals surface area contributed by atoms with Gasteiger partial charge in [-0.3, -0.25) is 19.3 Å². The summed E-state index contributed by atoms with van der Waals surface area (Å²) in [7, 11) is 4.05. The molecule has 0 saturated carbocycles. The van der Waals surface area contributed by atoms with E-state index < -0.39 is 17.9 Å². The zero-order valence-corrected chi connectivity index (χ0v) is 15.7. The van der Waals surface area contributed by atoms with Crippen molar-refractivity contribution in [2.24, 2.45) is 0 Å². The summed E-state index contributed by atoms with van der Waals surface area (Å²) in [6.07, 6.45) is 0. The van der Waals surface area contributed by atoms with Crippen molar-refractivity contribution in [3.63, 3.8) is 0 Å². The van der Waals surface area contributed by atoms with Crippen LogP contribution in [0.3, 0.4) is 0 Å². The minimum absolute atomic E-state index is 0.0736. The lowest BCUT2D eigenvalue weighted by Gasteiger charge is -2.25. The van der Waals surface area contributed by atoms with Crippen LogP contribution in [-0.2, 0) is 4.79 Å². The van der Waals surface area contributed by atoms with E-state index in [1.807, 2.05) is 44.4 Å². The highest BCUT2D eigenvalue weighted by Gasteiger charge is 2.40. The molecular weight excluding hydrogens is 342 g/mol. The molecule has 140 valence electrons. The molecule has 6 heteroatoms. The number of quaternary nitrogens is 1. The van der Waals surface area contributed by atoms with Gasteiger partial charge in [0.1, 0.15) is 12.1 Å². The van der Waals surface area contributed by atoms with Gasteiger partial charge in [-0.15, -0.1) is 0 Å². The van der Waals surface area contributed by atoms with Crippen molar-refractivity contribution in [3.8, 4) is 0 Å². The second kappa shape index (κ2) is 7.72. The van der Waals surface area contributed by atoms with Crippen molar-refractivity contribution >= 4 is 17.7 Å². The Balaban J connectivity index is 1.69. The lowest BCUT2D eigenvalue weighted by atomic mass is 10.1. The molecule has 1 aliphatic rings. The maximum atomic E-state index is 12.7. The zero-order valence-electron chi connectivity index (χ0n) is 15.7. The number of hydrogen-bond acceptors (Lipinski definition) is 3. The Morgan fingerprint density at radius 3 is 2.00 bits per heavy atom. The topological polar surface area (TPSA) is 70.9 Å². The summed E-state index contributed by atoms with van der Waals surface area (Å²) in [6.45, 7) is 2.00. The van der Waals surface area contributed by atoms with E-state index >= 15 is 0 Å². The van der Waals surface area contributed by atoms with E-state index in [-0.39, 0.29) is 11.9 Å². The summed E-state index contributed by atoms with van der Waals surface area (Å²) in [5.41, 5.74) is 1.82. The maximum absolute atomic E-state index is 12.7. The van der Waals surface area contributed by atoms with Crippen LogP contribution in [0.2, 0.25) is 0 Å². The third kappa shape index (κ3) is 3.61. The number of fused-ring (bicyclic) bond motifs is 1. The van der Waals surface area contributed by atoms with E-state index in [0.29, 0.717) is 17.7 Å². The number of rotatable bonds is 6. The second-order valence-corrected chi connectivity index (χ2v) is 6.99. The molecule has 3 rings (SSSR count). The predicted molar refractivity (Wildman–Crippen MR) is 101 cm³/mol. The molecule has 3 amide bonds. The highest BCUT2D eigenvalue weighted by molar-refractivity contribution is 6.22. The molecule has 2 N–H and O–H groups in total. The molecule has 2 aromatic carbocycles. The van der Waals surface area contributed by atoms with Crippen LogP contribution in [0.4, 0.5) is 0 Å². The quantitative estimate of drug-likeness (QED) is 0.739. The number of hydrogen-bond donors (Lipinski definition) is 2. The molecule has 2 aromatic rings. The molecule has 27 heavy (non-hydrogen) atoms. The first kappa shape index (κ1) is 18.8. The molecule has 0 unspecified atom stereocenters. The lowest BCUT2D eigenvalue weighted by Crippen LogP contribution is -3.07. The van der Waals surface area contributed by atoms with Gasteiger partial charge in [0.15, 0.2) is 0 Å². The Hall–Kier alpha value is -2.99. The van der Waals surface area contributed by atoms with Crippen molar-refractivity contribution in [2.45, 2.75) is 19.0 Å². The average Bonchev–Trinajstić information content (AvgIpc) is 2.93. The first-order valence-electron chi connectivity index (χ1n) is 9.01. The Morgan fingerprint density at radius 1 is 0.963 bits per heavy atom. The smallest absolute Gasteiger partial charge is 0.262 e. The van der Waals surface area contributed by atoms with E-state index in [4.69, 9.17) is 0 Å². The van der Waals surface area contributed by atoms with Crippen LogP contribution in [0.15, 0.2) is 54.6 Å². The van der Waals surface area contributed by atoms with Crippen molar-refractivity contribution in [2.75, 3.05) is 20.6 Å². The van der Waals surface area contributed by atoms with Gasteiger partial charge >= 0.3 is 0 Å². The number of nitrogens with zero attached hydrogens (tertiary/aromatic N) is 1. The van der Waals surface area contributed by atoms with Crippen molar-refractivity contribution in [3.05, 3.63) is 71.3 Å². The van der Waals surface area contributed by atoms with Crippen LogP contribution in [0.25, 0.3) is 0 Å². The Labute approximate surface area is 158 Å². The van der Waals surface area contributed by atoms with E-state index in [1.54, 1.807) is 31.2 Å². The summed E-state index contributed by atoms with van der Waals surface area (Å²) < 4.78 is 0. The second-order valence-electron chi connectivity index (χ2n) is 6.99. The third-order valence-electron chi connectivity index (χ3n) is 4.97. The molecule has 2 atom stereocenters. The average molecular weight is 366 g/mol. The van der Waals surface area contributed by atoms with E-state index in [9.17, 15) is 14.4 Å². The van der Waals surface area contributed by atoms with Crippen LogP contribution in [-0.4, -0.2) is 49.3 Å². The normalized spacial score (nSPS) is 15.6. The molecule has 0 spiro atoms. The fraction of sp³-hybridized carbons (Fsp3) is 0.286. The summed E-state index contributed by atoms with van der Waals surface area (Å²) in [5.74, 6) is -1.18. The largest absolute Gasteiger partial charge is 0.348 e. The van der Waals surface area contributed by atoms with Crippen LogP contribution >= 0.6 is 0 Å². The standard InChI is InChI=1S/C21H23N3O3/c1-14(24-20(26)16-11-7-8-12-17(16)21(24)27)19(25)22-13-18(23(2)3)15-9-5-4-6-10-15/h4-12,14,18H,13H2,1-3H3,(H,22,25)/p+1/t14-,18-/m1/s1. The number of carbonyl (C=O) groups excluding carboxylic acids is 3. The van der Waals surface area contributed by atoms with Gasteiger partial charge in [0.25, 0.3) is 11.8 Å². The zero-order chi connectivity index (χ0) is 19.6. The summed E-state index contributed by atoms with van der Waals surface area (Å²) >= 11 is 0. The fourth-order valence-electron chi connectivity index (χ4n) is 3.37. The van der Waals surface area contributed by atoms with Gasteiger partial charge < -0.3 is 10.2 Å².